The number of carbonyl (C=O) groups is 1. The highest BCUT2D eigenvalue weighted by Crippen LogP contribution is 2.25. The van der Waals surface area contributed by atoms with Gasteiger partial charge in [0.15, 0.2) is 0 Å². The number of carboxylic acid groups (broad SMARTS) is 1. The molecule has 0 bridgehead atoms. The summed E-state index contributed by atoms with van der Waals surface area (Å²) in [5, 5.41) is 17.4. The van der Waals surface area contributed by atoms with Gasteiger partial charge in [0, 0.05) is 18.6 Å². The van der Waals surface area contributed by atoms with Gasteiger partial charge in [-0.1, -0.05) is 23.4 Å². The van der Waals surface area contributed by atoms with Crippen LogP contribution in [0.2, 0.25) is 0 Å². The molecule has 1 unspecified atom stereocenters. The summed E-state index contributed by atoms with van der Waals surface area (Å²) in [4.78, 5) is 13.1. The third-order valence-electron chi connectivity index (χ3n) is 4.27. The molecule has 1 N–H and O–H groups in total. The number of para-hydroxylation sites is 1. The average Bonchev–Trinajstić information content (AvgIpc) is 3.00. The van der Waals surface area contributed by atoms with Crippen LogP contribution in [0.15, 0.2) is 36.5 Å². The van der Waals surface area contributed by atoms with Gasteiger partial charge in [0.05, 0.1) is 36.7 Å². The number of nitrogens with zero attached hydrogens (tertiary/aromatic N) is 4. The molecule has 24 heavy (non-hydrogen) atoms. The normalized spacial score (nSPS) is 20.8. The Morgan fingerprint density at radius 2 is 2.12 bits per heavy atom. The fraction of sp³-hybridized carbons (Fsp3) is 0.471. The number of benzene rings is 1. The first-order valence-corrected chi connectivity index (χ1v) is 7.99. The molecule has 1 fully saturated rings. The van der Waals surface area contributed by atoms with E-state index in [2.05, 4.69) is 29.1 Å². The molecule has 0 saturated carbocycles. The Hall–Kier alpha value is -2.25. The van der Waals surface area contributed by atoms with E-state index in [1.54, 1.807) is 4.68 Å². The van der Waals surface area contributed by atoms with Crippen molar-refractivity contribution in [1.82, 2.24) is 19.9 Å². The molecular formula is C17H22N4O3. The average molecular weight is 330 g/mol. The molecule has 1 atom stereocenters. The number of hydrogen-bond acceptors (Lipinski definition) is 5. The maximum Gasteiger partial charge on any atom is 0.306 e. The summed E-state index contributed by atoms with van der Waals surface area (Å²) in [6.45, 7) is 5.85. The molecule has 2 aromatic rings. The van der Waals surface area contributed by atoms with Gasteiger partial charge in [-0.3, -0.25) is 9.69 Å². The van der Waals surface area contributed by atoms with Crippen LogP contribution in [0, 0.1) is 0 Å². The molecule has 1 saturated heterocycles. The van der Waals surface area contributed by atoms with Crippen LogP contribution in [-0.4, -0.2) is 55.8 Å². The van der Waals surface area contributed by atoms with Crippen molar-refractivity contribution in [2.45, 2.75) is 38.5 Å². The molecule has 0 amide bonds. The van der Waals surface area contributed by atoms with Crippen molar-refractivity contribution in [3.05, 3.63) is 42.2 Å². The zero-order chi connectivity index (χ0) is 17.2. The van der Waals surface area contributed by atoms with E-state index in [0.29, 0.717) is 19.7 Å². The van der Waals surface area contributed by atoms with Gasteiger partial charge in [-0.05, 0) is 26.0 Å². The van der Waals surface area contributed by atoms with E-state index >= 15 is 0 Å². The summed E-state index contributed by atoms with van der Waals surface area (Å²) in [5.41, 5.74) is 1.63. The second kappa shape index (κ2) is 6.70. The molecule has 0 radical (unpaired) electrons. The third-order valence-corrected chi connectivity index (χ3v) is 4.27. The molecule has 2 heterocycles. The topological polar surface area (TPSA) is 80.5 Å². The minimum Gasteiger partial charge on any atom is -0.481 e. The summed E-state index contributed by atoms with van der Waals surface area (Å²) in [6, 6.07) is 9.82. The molecule has 128 valence electrons. The predicted octanol–water partition coefficient (Wildman–Crippen LogP) is 1.72. The van der Waals surface area contributed by atoms with Gasteiger partial charge >= 0.3 is 5.97 Å². The number of rotatable bonds is 5. The fourth-order valence-corrected chi connectivity index (χ4v) is 2.83. The quantitative estimate of drug-likeness (QED) is 0.899. The van der Waals surface area contributed by atoms with Crippen LogP contribution in [0.4, 0.5) is 0 Å². The Balaban J connectivity index is 1.71. The van der Waals surface area contributed by atoms with Crippen molar-refractivity contribution < 1.29 is 14.6 Å². The molecule has 7 nitrogen and oxygen atoms in total. The Morgan fingerprint density at radius 1 is 1.38 bits per heavy atom. The minimum absolute atomic E-state index is 0.0171. The standard InChI is InChI=1S/C17H22N4O3/c1-17(2)12-24-15(8-16(22)23)11-20(17)9-13-10-21(19-18-13)14-6-4-3-5-7-14/h3-7,10,15H,8-9,11-12H2,1-2H3,(H,22,23). The van der Waals surface area contributed by atoms with E-state index in [0.717, 1.165) is 11.4 Å². The van der Waals surface area contributed by atoms with E-state index in [9.17, 15) is 4.79 Å². The van der Waals surface area contributed by atoms with Crippen molar-refractivity contribution in [3.8, 4) is 5.69 Å². The summed E-state index contributed by atoms with van der Waals surface area (Å²) < 4.78 is 7.43. The van der Waals surface area contributed by atoms with E-state index in [4.69, 9.17) is 9.84 Å². The zero-order valence-corrected chi connectivity index (χ0v) is 13.9. The second-order valence-electron chi connectivity index (χ2n) is 6.71. The Bertz CT molecular complexity index is 699. The first-order chi connectivity index (χ1) is 11.4. The molecule has 1 aromatic carbocycles. The van der Waals surface area contributed by atoms with Crippen molar-refractivity contribution in [2.24, 2.45) is 0 Å². The molecule has 3 rings (SSSR count). The van der Waals surface area contributed by atoms with Crippen LogP contribution >= 0.6 is 0 Å². The number of aliphatic carboxylic acids is 1. The molecule has 0 aliphatic carbocycles. The molecule has 7 heteroatoms. The minimum atomic E-state index is -0.838. The number of morpholine rings is 1. The van der Waals surface area contributed by atoms with E-state index < -0.39 is 5.97 Å². The van der Waals surface area contributed by atoms with Gasteiger partial charge < -0.3 is 9.84 Å². The van der Waals surface area contributed by atoms with Crippen LogP contribution in [0.1, 0.15) is 26.0 Å². The van der Waals surface area contributed by atoms with Gasteiger partial charge in [0.1, 0.15) is 0 Å². The Morgan fingerprint density at radius 3 is 2.83 bits per heavy atom. The number of hydrogen-bond donors (Lipinski definition) is 1. The summed E-state index contributed by atoms with van der Waals surface area (Å²) in [6.07, 6.45) is 1.63. The SMILES string of the molecule is CC1(C)COC(CC(=O)O)CN1Cc1cn(-c2ccccc2)nn1. The van der Waals surface area contributed by atoms with Gasteiger partial charge in [-0.25, -0.2) is 4.68 Å². The monoisotopic (exact) mass is 330 g/mol. The van der Waals surface area contributed by atoms with E-state index in [-0.39, 0.29) is 18.1 Å². The van der Waals surface area contributed by atoms with Crippen LogP contribution in [-0.2, 0) is 16.1 Å². The highest BCUT2D eigenvalue weighted by molar-refractivity contribution is 5.67. The van der Waals surface area contributed by atoms with Crippen molar-refractivity contribution in [2.75, 3.05) is 13.2 Å². The lowest BCUT2D eigenvalue weighted by Crippen LogP contribution is -2.55. The number of ether oxygens (including phenoxy) is 1. The highest BCUT2D eigenvalue weighted by Gasteiger charge is 2.36. The number of aromatic nitrogens is 3. The lowest BCUT2D eigenvalue weighted by molar-refractivity contribution is -0.147. The zero-order valence-electron chi connectivity index (χ0n) is 13.9. The largest absolute Gasteiger partial charge is 0.481 e. The lowest BCUT2D eigenvalue weighted by Gasteiger charge is -2.44. The van der Waals surface area contributed by atoms with Crippen LogP contribution in [0.5, 0.6) is 0 Å². The van der Waals surface area contributed by atoms with E-state index in [1.165, 1.54) is 0 Å². The maximum absolute atomic E-state index is 10.9. The highest BCUT2D eigenvalue weighted by atomic mass is 16.5. The Kier molecular flexibility index (Phi) is 4.64. The van der Waals surface area contributed by atoms with Crippen LogP contribution in [0.25, 0.3) is 5.69 Å². The van der Waals surface area contributed by atoms with Gasteiger partial charge in [0.2, 0.25) is 0 Å². The molecule has 1 aliphatic rings. The summed E-state index contributed by atoms with van der Waals surface area (Å²) in [5.74, 6) is -0.838. The lowest BCUT2D eigenvalue weighted by atomic mass is 9.99. The number of carboxylic acids is 1. The van der Waals surface area contributed by atoms with Crippen LogP contribution in [0.3, 0.4) is 0 Å². The third kappa shape index (κ3) is 3.80. The summed E-state index contributed by atoms with van der Waals surface area (Å²) >= 11 is 0. The van der Waals surface area contributed by atoms with Crippen molar-refractivity contribution in [1.29, 1.82) is 0 Å². The first-order valence-electron chi connectivity index (χ1n) is 7.99. The molecule has 1 aromatic heterocycles. The van der Waals surface area contributed by atoms with Gasteiger partial charge in [-0.2, -0.15) is 0 Å². The first kappa shape index (κ1) is 16.6. The summed E-state index contributed by atoms with van der Waals surface area (Å²) in [7, 11) is 0. The van der Waals surface area contributed by atoms with Gasteiger partial charge in [0.25, 0.3) is 0 Å². The van der Waals surface area contributed by atoms with Gasteiger partial charge in [-0.15, -0.1) is 5.10 Å². The smallest absolute Gasteiger partial charge is 0.306 e. The van der Waals surface area contributed by atoms with Crippen molar-refractivity contribution >= 4 is 5.97 Å². The second-order valence-corrected chi connectivity index (χ2v) is 6.71. The molecular weight excluding hydrogens is 308 g/mol. The van der Waals surface area contributed by atoms with Crippen LogP contribution < -0.4 is 0 Å². The maximum atomic E-state index is 10.9. The van der Waals surface area contributed by atoms with E-state index in [1.807, 2.05) is 36.5 Å². The molecule has 1 aliphatic heterocycles. The van der Waals surface area contributed by atoms with Crippen molar-refractivity contribution in [3.63, 3.8) is 0 Å². The Labute approximate surface area is 140 Å². The predicted molar refractivity (Wildman–Crippen MR) is 87.8 cm³/mol. The molecule has 0 spiro atoms. The fourth-order valence-electron chi connectivity index (χ4n) is 2.83.